The maximum atomic E-state index is 13.3. The minimum Gasteiger partial charge on any atom is -0.490 e. The summed E-state index contributed by atoms with van der Waals surface area (Å²) in [5, 5.41) is 4.96. The van der Waals surface area contributed by atoms with Gasteiger partial charge in [0.05, 0.1) is 29.8 Å². The van der Waals surface area contributed by atoms with Crippen molar-refractivity contribution in [1.29, 1.82) is 0 Å². The first-order chi connectivity index (χ1) is 17.5. The highest BCUT2D eigenvalue weighted by atomic mass is 16.6. The van der Waals surface area contributed by atoms with Crippen LogP contribution >= 0.6 is 0 Å². The van der Waals surface area contributed by atoms with Crippen LogP contribution in [0.5, 0.6) is 11.5 Å². The molecule has 0 fully saturated rings. The number of rotatable bonds is 9. The van der Waals surface area contributed by atoms with Gasteiger partial charge >= 0.3 is 5.97 Å². The third-order valence-corrected chi connectivity index (χ3v) is 5.09. The molecule has 0 spiro atoms. The monoisotopic (exact) mass is 485 g/mol. The van der Waals surface area contributed by atoms with E-state index >= 15 is 0 Å². The van der Waals surface area contributed by atoms with Crippen molar-refractivity contribution in [2.75, 3.05) is 13.2 Å². The van der Waals surface area contributed by atoms with E-state index in [-0.39, 0.29) is 18.3 Å². The zero-order valence-electron chi connectivity index (χ0n) is 20.4. The summed E-state index contributed by atoms with van der Waals surface area (Å²) in [5.41, 5.74) is 1.77. The molecule has 0 saturated heterocycles. The molecule has 184 valence electrons. The van der Waals surface area contributed by atoms with Gasteiger partial charge in [-0.25, -0.2) is 9.78 Å². The van der Waals surface area contributed by atoms with Gasteiger partial charge in [-0.05, 0) is 56.7 Å². The molecule has 36 heavy (non-hydrogen) atoms. The van der Waals surface area contributed by atoms with Crippen molar-refractivity contribution in [3.05, 3.63) is 88.7 Å². The number of para-hydroxylation sites is 1. The summed E-state index contributed by atoms with van der Waals surface area (Å²) in [7, 11) is 0. The molecular weight excluding hydrogens is 458 g/mol. The molecule has 4 aromatic rings. The van der Waals surface area contributed by atoms with Crippen molar-refractivity contribution in [3.63, 3.8) is 0 Å². The Morgan fingerprint density at radius 3 is 2.50 bits per heavy atom. The summed E-state index contributed by atoms with van der Waals surface area (Å²) in [4.78, 5) is 29.9. The lowest BCUT2D eigenvalue weighted by molar-refractivity contribution is -0.149. The smallest absolute Gasteiger partial charge is 0.344 e. The van der Waals surface area contributed by atoms with E-state index in [9.17, 15) is 9.59 Å². The van der Waals surface area contributed by atoms with Gasteiger partial charge in [0, 0.05) is 5.56 Å². The average molecular weight is 486 g/mol. The van der Waals surface area contributed by atoms with Gasteiger partial charge in [0.2, 0.25) is 0 Å². The van der Waals surface area contributed by atoms with Gasteiger partial charge in [-0.2, -0.15) is 9.78 Å². The zero-order valence-corrected chi connectivity index (χ0v) is 20.4. The first kappa shape index (κ1) is 24.7. The van der Waals surface area contributed by atoms with Crippen molar-refractivity contribution >= 4 is 23.1 Å². The van der Waals surface area contributed by atoms with Crippen LogP contribution in [0.2, 0.25) is 0 Å². The Labute approximate surface area is 208 Å². The molecule has 0 radical (unpaired) electrons. The lowest BCUT2D eigenvalue weighted by atomic mass is 10.2. The normalized spacial score (nSPS) is 11.2. The van der Waals surface area contributed by atoms with E-state index in [0.717, 1.165) is 5.56 Å². The molecule has 0 aliphatic heterocycles. The maximum absolute atomic E-state index is 13.3. The summed E-state index contributed by atoms with van der Waals surface area (Å²) in [6.07, 6.45) is 1.34. The molecule has 1 heterocycles. The highest BCUT2D eigenvalue weighted by Gasteiger charge is 2.13. The van der Waals surface area contributed by atoms with Gasteiger partial charge in [0.15, 0.2) is 23.9 Å². The van der Waals surface area contributed by atoms with E-state index in [0.29, 0.717) is 40.4 Å². The molecular formula is C28H27N3O5. The van der Waals surface area contributed by atoms with E-state index in [2.05, 4.69) is 5.10 Å². The molecule has 0 saturated carbocycles. The molecule has 0 unspecified atom stereocenters. The van der Waals surface area contributed by atoms with Gasteiger partial charge < -0.3 is 14.2 Å². The number of fused-ring (bicyclic) bond motifs is 1. The molecule has 4 rings (SSSR count). The molecule has 1 aromatic heterocycles. The second kappa shape index (κ2) is 11.3. The Morgan fingerprint density at radius 2 is 1.75 bits per heavy atom. The predicted octanol–water partition coefficient (Wildman–Crippen LogP) is 4.67. The second-order valence-electron chi connectivity index (χ2n) is 8.15. The summed E-state index contributed by atoms with van der Waals surface area (Å²) >= 11 is 0. The SMILES string of the molecule is CCOc1cc(C=Nn2c(-c3ccccc3)nc3ccccc3c2=O)ccc1OCC(=O)OC(C)C. The van der Waals surface area contributed by atoms with Crippen LogP contribution in [0.3, 0.4) is 0 Å². The number of carbonyl (C=O) groups is 1. The second-order valence-corrected chi connectivity index (χ2v) is 8.15. The minimum atomic E-state index is -0.463. The van der Waals surface area contributed by atoms with Crippen molar-refractivity contribution in [1.82, 2.24) is 9.66 Å². The van der Waals surface area contributed by atoms with Gasteiger partial charge in [-0.1, -0.05) is 42.5 Å². The highest BCUT2D eigenvalue weighted by molar-refractivity contribution is 5.83. The standard InChI is InChI=1S/C28H27N3O5/c1-4-34-25-16-20(14-15-24(25)35-18-26(32)36-19(2)3)17-29-31-27(21-10-6-5-7-11-21)30-23-13-9-8-12-22(23)28(31)33/h5-17,19H,4,18H2,1-3H3. The molecule has 8 nitrogen and oxygen atoms in total. The first-order valence-electron chi connectivity index (χ1n) is 11.7. The number of hydrogen-bond acceptors (Lipinski definition) is 7. The minimum absolute atomic E-state index is 0.222. The summed E-state index contributed by atoms with van der Waals surface area (Å²) in [6, 6.07) is 21.8. The van der Waals surface area contributed by atoms with Crippen LogP contribution < -0.4 is 15.0 Å². The Balaban J connectivity index is 1.68. The lowest BCUT2D eigenvalue weighted by Gasteiger charge is -2.13. The summed E-state index contributed by atoms with van der Waals surface area (Å²) in [5.74, 6) is 0.828. The fourth-order valence-electron chi connectivity index (χ4n) is 3.56. The van der Waals surface area contributed by atoms with Crippen LogP contribution in [0.4, 0.5) is 0 Å². The van der Waals surface area contributed by atoms with E-state index in [1.54, 1.807) is 56.5 Å². The van der Waals surface area contributed by atoms with Crippen LogP contribution in [0.25, 0.3) is 22.3 Å². The third-order valence-electron chi connectivity index (χ3n) is 5.09. The van der Waals surface area contributed by atoms with Crippen LogP contribution in [-0.2, 0) is 9.53 Å². The Kier molecular flexibility index (Phi) is 7.75. The Bertz CT molecular complexity index is 1450. The van der Waals surface area contributed by atoms with Crippen molar-refractivity contribution < 1.29 is 19.0 Å². The van der Waals surface area contributed by atoms with E-state index in [4.69, 9.17) is 19.2 Å². The average Bonchev–Trinajstić information content (AvgIpc) is 2.88. The van der Waals surface area contributed by atoms with Gasteiger partial charge in [-0.15, -0.1) is 0 Å². The molecule has 0 aliphatic carbocycles. The fourth-order valence-corrected chi connectivity index (χ4v) is 3.56. The molecule has 8 heteroatoms. The molecule has 0 atom stereocenters. The van der Waals surface area contributed by atoms with Crippen molar-refractivity contribution in [2.24, 2.45) is 5.10 Å². The number of benzene rings is 3. The van der Waals surface area contributed by atoms with E-state index < -0.39 is 5.97 Å². The van der Waals surface area contributed by atoms with Gasteiger partial charge in [0.1, 0.15) is 0 Å². The predicted molar refractivity (Wildman–Crippen MR) is 139 cm³/mol. The number of carbonyl (C=O) groups excluding carboxylic acids is 1. The highest BCUT2D eigenvalue weighted by Crippen LogP contribution is 2.28. The maximum Gasteiger partial charge on any atom is 0.344 e. The fraction of sp³-hybridized carbons (Fsp3) is 0.214. The molecule has 0 aliphatic rings. The van der Waals surface area contributed by atoms with Gasteiger partial charge in [-0.3, -0.25) is 4.79 Å². The largest absolute Gasteiger partial charge is 0.490 e. The zero-order chi connectivity index (χ0) is 25.5. The summed E-state index contributed by atoms with van der Waals surface area (Å²) < 4.78 is 17.7. The van der Waals surface area contributed by atoms with Crippen LogP contribution in [-0.4, -0.2) is 41.2 Å². The van der Waals surface area contributed by atoms with Crippen LogP contribution in [0, 0.1) is 0 Å². The van der Waals surface area contributed by atoms with Crippen molar-refractivity contribution in [2.45, 2.75) is 26.9 Å². The number of ether oxygens (including phenoxy) is 3. The molecule has 3 aromatic carbocycles. The number of aromatic nitrogens is 2. The first-order valence-corrected chi connectivity index (χ1v) is 11.7. The number of hydrogen-bond donors (Lipinski definition) is 0. The van der Waals surface area contributed by atoms with E-state index in [1.165, 1.54) is 4.68 Å². The molecule has 0 amide bonds. The summed E-state index contributed by atoms with van der Waals surface area (Å²) in [6.45, 7) is 5.57. The quantitative estimate of drug-likeness (QED) is 0.253. The van der Waals surface area contributed by atoms with Crippen molar-refractivity contribution in [3.8, 4) is 22.9 Å². The van der Waals surface area contributed by atoms with Crippen LogP contribution in [0.1, 0.15) is 26.3 Å². The lowest BCUT2D eigenvalue weighted by Crippen LogP contribution is -2.20. The van der Waals surface area contributed by atoms with E-state index in [1.807, 2.05) is 43.3 Å². The third kappa shape index (κ3) is 5.78. The Morgan fingerprint density at radius 1 is 1.00 bits per heavy atom. The van der Waals surface area contributed by atoms with Crippen LogP contribution in [0.15, 0.2) is 82.7 Å². The Hall–Kier alpha value is -4.46. The van der Waals surface area contributed by atoms with Gasteiger partial charge in [0.25, 0.3) is 5.56 Å². The molecule has 0 bridgehead atoms. The number of esters is 1. The number of nitrogens with zero attached hydrogens (tertiary/aromatic N) is 3. The molecule has 0 N–H and O–H groups in total. The topological polar surface area (TPSA) is 92.0 Å².